The van der Waals surface area contributed by atoms with Crippen molar-refractivity contribution in [3.8, 4) is 5.75 Å². The van der Waals surface area contributed by atoms with E-state index in [-0.39, 0.29) is 0 Å². The lowest BCUT2D eigenvalue weighted by molar-refractivity contribution is 0.236. The topological polar surface area (TPSA) is 80.0 Å². The van der Waals surface area contributed by atoms with Gasteiger partial charge in [-0.15, -0.1) is 19.7 Å². The number of nitrogens with one attached hydrogen (secondary N) is 2. The van der Waals surface area contributed by atoms with Crippen LogP contribution in [-0.2, 0) is 13.1 Å². The van der Waals surface area contributed by atoms with E-state index < -0.39 is 0 Å². The molecule has 0 saturated heterocycles. The molecule has 0 aromatic heterocycles. The normalized spacial score (nSPS) is 11.6. The molecule has 0 radical (unpaired) electrons. The number of anilines is 1. The third kappa shape index (κ3) is 25.4. The Bertz CT molecular complexity index is 1330. The molecule has 7 nitrogen and oxygen atoms in total. The Kier molecular flexibility index (Phi) is 30.8. The van der Waals surface area contributed by atoms with Crippen LogP contribution < -0.4 is 21.4 Å². The van der Waals surface area contributed by atoms with E-state index in [1.54, 1.807) is 18.3 Å². The summed E-state index contributed by atoms with van der Waals surface area (Å²) in [7, 11) is 6.32. The molecule has 0 aliphatic rings. The fourth-order valence-corrected chi connectivity index (χ4v) is 4.71. The summed E-state index contributed by atoms with van der Waals surface area (Å²) in [5.41, 5.74) is 15.4. The number of hydrogen-bond donors (Lipinski definition) is 4. The van der Waals surface area contributed by atoms with Gasteiger partial charge in [-0.2, -0.15) is 0 Å². The molecule has 3 aromatic rings. The number of benzene rings is 3. The summed E-state index contributed by atoms with van der Waals surface area (Å²) in [6.07, 6.45) is 10.7. The maximum Gasteiger partial charge on any atom is 0.115 e. The van der Waals surface area contributed by atoms with E-state index in [0.717, 1.165) is 44.8 Å². The highest BCUT2D eigenvalue weighted by atomic mass is 16.3. The average Bonchev–Trinajstić information content (AvgIpc) is 3.16. The molecule has 0 saturated carbocycles. The first-order chi connectivity index (χ1) is 25.0. The van der Waals surface area contributed by atoms with E-state index in [4.69, 9.17) is 10.8 Å². The van der Waals surface area contributed by atoms with E-state index in [9.17, 15) is 0 Å². The van der Waals surface area contributed by atoms with Gasteiger partial charge >= 0.3 is 0 Å². The fourth-order valence-electron chi connectivity index (χ4n) is 4.71. The Labute approximate surface area is 318 Å². The Balaban J connectivity index is 0. The van der Waals surface area contributed by atoms with Crippen LogP contribution in [0, 0.1) is 12.8 Å². The van der Waals surface area contributed by atoms with Crippen LogP contribution in [0.3, 0.4) is 0 Å². The second-order valence-electron chi connectivity index (χ2n) is 12.3. The number of aromatic hydroxyl groups is 1. The number of phenols is 1. The quantitative estimate of drug-likeness (QED) is 0.0631. The number of phenolic OH excluding ortho intramolecular Hbond substituents is 1. The van der Waals surface area contributed by atoms with E-state index >= 15 is 0 Å². The van der Waals surface area contributed by atoms with Gasteiger partial charge in [0.15, 0.2) is 0 Å². The van der Waals surface area contributed by atoms with Gasteiger partial charge in [0.05, 0.1) is 0 Å². The number of hydrogen-bond acceptors (Lipinski definition) is 7. The minimum absolute atomic E-state index is 0.299. The summed E-state index contributed by atoms with van der Waals surface area (Å²) in [6.45, 7) is 30.4. The van der Waals surface area contributed by atoms with Crippen molar-refractivity contribution in [1.82, 2.24) is 20.7 Å². The number of aryl methyl sites for hydroxylation is 1. The van der Waals surface area contributed by atoms with Gasteiger partial charge in [-0.05, 0) is 81.9 Å². The number of nitrogens with zero attached hydrogens (tertiary/aromatic N) is 3. The van der Waals surface area contributed by atoms with Crippen LogP contribution in [0.1, 0.15) is 57.7 Å². The van der Waals surface area contributed by atoms with Crippen LogP contribution >= 0.6 is 0 Å². The van der Waals surface area contributed by atoms with Crippen molar-refractivity contribution in [2.45, 2.75) is 67.1 Å². The van der Waals surface area contributed by atoms with Gasteiger partial charge in [0, 0.05) is 70.2 Å². The first kappa shape index (κ1) is 49.6. The van der Waals surface area contributed by atoms with E-state index in [1.807, 2.05) is 77.2 Å². The van der Waals surface area contributed by atoms with Gasteiger partial charge in [0.25, 0.3) is 0 Å². The molecule has 3 aromatic carbocycles. The van der Waals surface area contributed by atoms with Crippen molar-refractivity contribution in [2.24, 2.45) is 11.7 Å². The molecule has 0 aliphatic heterocycles. The molecule has 0 heterocycles. The monoisotopic (exact) mass is 713 g/mol. The van der Waals surface area contributed by atoms with Crippen molar-refractivity contribution >= 4 is 5.69 Å². The highest BCUT2D eigenvalue weighted by Gasteiger charge is 2.11. The standard InChI is InChI=1S/C22H36N4.C12H18N2.C7H8O.C2H6.C2H4/c1-7-9-13-22(23)18(3)15-26(6)21-12-10-11-20(14-21)17-25(5)16-19(4)24-8-2;1-3-4-10-14(2)13-11-12-8-6-5-7-9-12;1-6-2-4-7(8)5-3-6;2*1-2/h7-14,18-19,24H,2,15-17,23H2,1,3-6H3;3,5-9,13H,1,4,10-11H2,2H3;2-5,8H,1H3;1-2H3;1-2H2/b9-7-,22-13+;;;;. The van der Waals surface area contributed by atoms with Gasteiger partial charge in [-0.3, -0.25) is 5.43 Å². The maximum atomic E-state index is 8.76. The third-order valence-corrected chi connectivity index (χ3v) is 7.49. The van der Waals surface area contributed by atoms with E-state index in [1.165, 1.54) is 22.4 Å². The zero-order valence-corrected chi connectivity index (χ0v) is 34.0. The zero-order chi connectivity index (χ0) is 39.7. The van der Waals surface area contributed by atoms with E-state index in [0.29, 0.717) is 17.7 Å². The molecule has 52 heavy (non-hydrogen) atoms. The molecule has 288 valence electrons. The molecular formula is C45H72N6O. The minimum Gasteiger partial charge on any atom is -0.508 e. The molecule has 3 rings (SSSR count). The maximum absolute atomic E-state index is 8.76. The van der Waals surface area contributed by atoms with Crippen molar-refractivity contribution in [3.05, 3.63) is 158 Å². The van der Waals surface area contributed by atoms with E-state index in [2.05, 4.69) is 128 Å². The zero-order valence-electron chi connectivity index (χ0n) is 34.0. The first-order valence-electron chi connectivity index (χ1n) is 18.3. The number of likely N-dealkylation sites (N-methyl/N-ethyl adjacent to an activating group) is 1. The van der Waals surface area contributed by atoms with Crippen LogP contribution in [-0.4, -0.2) is 61.8 Å². The molecule has 0 fully saturated rings. The number of rotatable bonds is 17. The molecule has 0 aliphatic carbocycles. The Morgan fingerprint density at radius 1 is 0.885 bits per heavy atom. The van der Waals surface area contributed by atoms with Crippen molar-refractivity contribution in [1.29, 1.82) is 0 Å². The lowest BCUT2D eigenvalue weighted by atomic mass is 10.1. The van der Waals surface area contributed by atoms with Gasteiger partial charge in [-0.25, -0.2) is 5.01 Å². The number of hydrazine groups is 1. The molecular weight excluding hydrogens is 641 g/mol. The largest absolute Gasteiger partial charge is 0.508 e. The molecule has 0 spiro atoms. The van der Waals surface area contributed by atoms with Gasteiger partial charge in [-0.1, -0.05) is 106 Å². The fraction of sp³-hybridized carbons (Fsp3) is 0.378. The summed E-state index contributed by atoms with van der Waals surface area (Å²) in [6, 6.07) is 26.6. The smallest absolute Gasteiger partial charge is 0.115 e. The molecule has 2 unspecified atom stereocenters. The minimum atomic E-state index is 0.299. The predicted octanol–water partition coefficient (Wildman–Crippen LogP) is 9.46. The lowest BCUT2D eigenvalue weighted by Crippen LogP contribution is -2.34. The Morgan fingerprint density at radius 3 is 2.06 bits per heavy atom. The van der Waals surface area contributed by atoms with Crippen LogP contribution in [0.4, 0.5) is 5.69 Å². The summed E-state index contributed by atoms with van der Waals surface area (Å²) < 4.78 is 0. The molecule has 0 bridgehead atoms. The highest BCUT2D eigenvalue weighted by molar-refractivity contribution is 5.48. The second-order valence-corrected chi connectivity index (χ2v) is 12.3. The van der Waals surface area contributed by atoms with Crippen molar-refractivity contribution in [3.63, 3.8) is 0 Å². The summed E-state index contributed by atoms with van der Waals surface area (Å²) in [5.74, 6) is 0.629. The van der Waals surface area contributed by atoms with Crippen LogP contribution in [0.15, 0.2) is 141 Å². The SMILES string of the molecule is C=C.C=CCCN(C)NCc1ccccc1.C=CNC(C)CN(C)Cc1cccc(N(C)CC(C)/C(N)=C\C=C/C)c1.CC.Cc1ccc(O)cc1. The van der Waals surface area contributed by atoms with Gasteiger partial charge in [0.2, 0.25) is 0 Å². The highest BCUT2D eigenvalue weighted by Crippen LogP contribution is 2.19. The molecule has 0 amide bonds. The Morgan fingerprint density at radius 2 is 1.50 bits per heavy atom. The summed E-state index contributed by atoms with van der Waals surface area (Å²) in [5, 5.41) is 14.1. The van der Waals surface area contributed by atoms with Gasteiger partial charge in [0.1, 0.15) is 5.75 Å². The van der Waals surface area contributed by atoms with Gasteiger partial charge < -0.3 is 26.0 Å². The molecule has 7 heteroatoms. The first-order valence-corrected chi connectivity index (χ1v) is 18.3. The predicted molar refractivity (Wildman–Crippen MR) is 231 cm³/mol. The average molecular weight is 713 g/mol. The third-order valence-electron chi connectivity index (χ3n) is 7.49. The summed E-state index contributed by atoms with van der Waals surface area (Å²) >= 11 is 0. The van der Waals surface area contributed by atoms with Crippen LogP contribution in [0.2, 0.25) is 0 Å². The summed E-state index contributed by atoms with van der Waals surface area (Å²) in [4.78, 5) is 4.59. The number of nitrogens with two attached hydrogens (primary N) is 1. The molecule has 2 atom stereocenters. The number of allylic oxidation sites excluding steroid dienone is 3. The van der Waals surface area contributed by atoms with Crippen LogP contribution in [0.5, 0.6) is 5.75 Å². The van der Waals surface area contributed by atoms with Crippen LogP contribution in [0.25, 0.3) is 0 Å². The Hall–Kier alpha value is -4.56. The van der Waals surface area contributed by atoms with Crippen molar-refractivity contribution in [2.75, 3.05) is 45.7 Å². The molecule has 5 N–H and O–H groups in total. The second kappa shape index (κ2) is 32.4. The van der Waals surface area contributed by atoms with Crippen molar-refractivity contribution < 1.29 is 5.11 Å². The lowest BCUT2D eigenvalue weighted by Gasteiger charge is -2.25.